The average molecular weight is 209 g/mol. The summed E-state index contributed by atoms with van der Waals surface area (Å²) in [6.45, 7) is 1.91. The third kappa shape index (κ3) is 1.77. The highest BCUT2D eigenvalue weighted by molar-refractivity contribution is 5.50. The standard InChI is InChI=1S/C9H11N3O3/c1-5-2-3-14-7(5)8-11-9(15-12-8)6(13)4-10/h2-3,6,13H,4,10H2,1H3. The highest BCUT2D eigenvalue weighted by Crippen LogP contribution is 2.22. The minimum atomic E-state index is -0.929. The van der Waals surface area contributed by atoms with E-state index in [2.05, 4.69) is 10.1 Å². The van der Waals surface area contributed by atoms with E-state index < -0.39 is 6.10 Å². The highest BCUT2D eigenvalue weighted by Gasteiger charge is 2.17. The molecule has 6 nitrogen and oxygen atoms in total. The van der Waals surface area contributed by atoms with Gasteiger partial charge in [-0.2, -0.15) is 4.98 Å². The molecule has 0 spiro atoms. The van der Waals surface area contributed by atoms with E-state index in [4.69, 9.17) is 14.7 Å². The Bertz CT molecular complexity index is 449. The lowest BCUT2D eigenvalue weighted by molar-refractivity contribution is 0.141. The normalized spacial score (nSPS) is 13.0. The number of hydrogen-bond acceptors (Lipinski definition) is 6. The van der Waals surface area contributed by atoms with Crippen LogP contribution in [0.25, 0.3) is 11.6 Å². The van der Waals surface area contributed by atoms with Gasteiger partial charge in [-0.05, 0) is 18.6 Å². The molecule has 2 heterocycles. The van der Waals surface area contributed by atoms with Crippen LogP contribution in [0.5, 0.6) is 0 Å². The third-order valence-corrected chi connectivity index (χ3v) is 2.02. The molecule has 80 valence electrons. The van der Waals surface area contributed by atoms with Crippen molar-refractivity contribution in [3.8, 4) is 11.6 Å². The van der Waals surface area contributed by atoms with E-state index >= 15 is 0 Å². The molecule has 0 aliphatic rings. The summed E-state index contributed by atoms with van der Waals surface area (Å²) < 4.78 is 10.0. The van der Waals surface area contributed by atoms with Gasteiger partial charge >= 0.3 is 0 Å². The molecule has 2 aromatic heterocycles. The van der Waals surface area contributed by atoms with Crippen molar-refractivity contribution >= 4 is 0 Å². The highest BCUT2D eigenvalue weighted by atomic mass is 16.5. The molecule has 0 amide bonds. The van der Waals surface area contributed by atoms with Crippen LogP contribution < -0.4 is 5.73 Å². The first-order valence-electron chi connectivity index (χ1n) is 4.48. The Morgan fingerprint density at radius 2 is 2.40 bits per heavy atom. The molecule has 15 heavy (non-hydrogen) atoms. The van der Waals surface area contributed by atoms with E-state index in [1.54, 1.807) is 12.3 Å². The molecule has 6 heteroatoms. The van der Waals surface area contributed by atoms with E-state index in [0.717, 1.165) is 5.56 Å². The molecule has 2 rings (SSSR count). The maximum absolute atomic E-state index is 9.36. The minimum absolute atomic E-state index is 0.0404. The maximum atomic E-state index is 9.36. The molecular weight excluding hydrogens is 198 g/mol. The van der Waals surface area contributed by atoms with E-state index in [0.29, 0.717) is 11.6 Å². The fourth-order valence-electron chi connectivity index (χ4n) is 1.17. The zero-order chi connectivity index (χ0) is 10.8. The second-order valence-electron chi connectivity index (χ2n) is 3.14. The number of nitrogens with two attached hydrogens (primary N) is 1. The summed E-state index contributed by atoms with van der Waals surface area (Å²) in [4.78, 5) is 3.98. The van der Waals surface area contributed by atoms with Crippen LogP contribution in [0.15, 0.2) is 21.3 Å². The molecule has 0 radical (unpaired) electrons. The van der Waals surface area contributed by atoms with Crippen LogP contribution in [0.2, 0.25) is 0 Å². The summed E-state index contributed by atoms with van der Waals surface area (Å²) >= 11 is 0. The van der Waals surface area contributed by atoms with Crippen molar-refractivity contribution in [1.29, 1.82) is 0 Å². The smallest absolute Gasteiger partial charge is 0.257 e. The zero-order valence-corrected chi connectivity index (χ0v) is 8.17. The summed E-state index contributed by atoms with van der Waals surface area (Å²) in [5, 5.41) is 13.1. The van der Waals surface area contributed by atoms with Crippen molar-refractivity contribution in [1.82, 2.24) is 10.1 Å². The SMILES string of the molecule is Cc1ccoc1-c1noc(C(O)CN)n1. The number of aliphatic hydroxyl groups is 1. The average Bonchev–Trinajstić information content (AvgIpc) is 2.84. The topological polar surface area (TPSA) is 98.3 Å². The van der Waals surface area contributed by atoms with Crippen LogP contribution in [0.3, 0.4) is 0 Å². The Morgan fingerprint density at radius 1 is 1.60 bits per heavy atom. The molecule has 0 aliphatic heterocycles. The fourth-order valence-corrected chi connectivity index (χ4v) is 1.17. The molecule has 0 bridgehead atoms. The van der Waals surface area contributed by atoms with Crippen LogP contribution in [-0.2, 0) is 0 Å². The van der Waals surface area contributed by atoms with Crippen LogP contribution in [-0.4, -0.2) is 21.8 Å². The molecule has 0 fully saturated rings. The monoisotopic (exact) mass is 209 g/mol. The Kier molecular flexibility index (Phi) is 2.53. The molecule has 0 aliphatic carbocycles. The fraction of sp³-hybridized carbons (Fsp3) is 0.333. The number of aliphatic hydroxyl groups excluding tert-OH is 1. The van der Waals surface area contributed by atoms with Crippen LogP contribution in [0.1, 0.15) is 17.6 Å². The first kappa shape index (κ1) is 9.88. The van der Waals surface area contributed by atoms with E-state index in [1.165, 1.54) is 0 Å². The second kappa shape index (κ2) is 3.84. The van der Waals surface area contributed by atoms with Crippen molar-refractivity contribution in [2.24, 2.45) is 5.73 Å². The number of aromatic nitrogens is 2. The van der Waals surface area contributed by atoms with Crippen molar-refractivity contribution in [3.63, 3.8) is 0 Å². The molecule has 0 saturated heterocycles. The predicted molar refractivity (Wildman–Crippen MR) is 50.8 cm³/mol. The lowest BCUT2D eigenvalue weighted by atomic mass is 10.3. The first-order valence-corrected chi connectivity index (χ1v) is 4.48. The number of rotatable bonds is 3. The molecular formula is C9H11N3O3. The van der Waals surface area contributed by atoms with Gasteiger partial charge in [-0.15, -0.1) is 0 Å². The number of aryl methyl sites for hydroxylation is 1. The third-order valence-electron chi connectivity index (χ3n) is 2.02. The van der Waals surface area contributed by atoms with Crippen molar-refractivity contribution < 1.29 is 14.0 Å². The Labute approximate surface area is 85.7 Å². The van der Waals surface area contributed by atoms with Crippen LogP contribution in [0, 0.1) is 6.92 Å². The van der Waals surface area contributed by atoms with Gasteiger partial charge in [-0.3, -0.25) is 0 Å². The summed E-state index contributed by atoms with van der Waals surface area (Å²) in [5.74, 6) is 0.956. The van der Waals surface area contributed by atoms with Gasteiger partial charge in [0.1, 0.15) is 6.10 Å². The van der Waals surface area contributed by atoms with E-state index in [1.807, 2.05) is 6.92 Å². The number of hydrogen-bond donors (Lipinski definition) is 2. The van der Waals surface area contributed by atoms with Gasteiger partial charge in [0.05, 0.1) is 6.26 Å². The lowest BCUT2D eigenvalue weighted by Crippen LogP contribution is -2.11. The van der Waals surface area contributed by atoms with Gasteiger partial charge in [-0.1, -0.05) is 5.16 Å². The predicted octanol–water partition coefficient (Wildman–Crippen LogP) is 0.630. The van der Waals surface area contributed by atoms with Gasteiger partial charge in [0.25, 0.3) is 5.89 Å². The van der Waals surface area contributed by atoms with Crippen molar-refractivity contribution in [2.45, 2.75) is 13.0 Å². The summed E-state index contributed by atoms with van der Waals surface area (Å²) in [7, 11) is 0. The maximum Gasteiger partial charge on any atom is 0.257 e. The lowest BCUT2D eigenvalue weighted by Gasteiger charge is -1.97. The Morgan fingerprint density at radius 3 is 3.00 bits per heavy atom. The molecule has 0 saturated carbocycles. The molecule has 3 N–H and O–H groups in total. The minimum Gasteiger partial charge on any atom is -0.461 e. The van der Waals surface area contributed by atoms with Gasteiger partial charge in [0.2, 0.25) is 5.82 Å². The number of nitrogens with zero attached hydrogens (tertiary/aromatic N) is 2. The quantitative estimate of drug-likeness (QED) is 0.769. The van der Waals surface area contributed by atoms with Gasteiger partial charge < -0.3 is 19.8 Å². The summed E-state index contributed by atoms with van der Waals surface area (Å²) in [5.41, 5.74) is 6.17. The van der Waals surface area contributed by atoms with Crippen molar-refractivity contribution in [2.75, 3.05) is 6.54 Å². The Balaban J connectivity index is 2.32. The first-order chi connectivity index (χ1) is 7.22. The molecule has 1 unspecified atom stereocenters. The second-order valence-corrected chi connectivity index (χ2v) is 3.14. The molecule has 1 atom stereocenters. The van der Waals surface area contributed by atoms with Crippen LogP contribution >= 0.6 is 0 Å². The van der Waals surface area contributed by atoms with Gasteiger partial charge in [-0.25, -0.2) is 0 Å². The molecule has 2 aromatic rings. The summed E-state index contributed by atoms with van der Waals surface area (Å²) in [6.07, 6.45) is 0.613. The van der Waals surface area contributed by atoms with Gasteiger partial charge in [0, 0.05) is 6.54 Å². The zero-order valence-electron chi connectivity index (χ0n) is 8.17. The van der Waals surface area contributed by atoms with Crippen molar-refractivity contribution in [3.05, 3.63) is 23.8 Å². The van der Waals surface area contributed by atoms with Gasteiger partial charge in [0.15, 0.2) is 5.76 Å². The molecule has 0 aromatic carbocycles. The Hall–Kier alpha value is -1.66. The van der Waals surface area contributed by atoms with E-state index in [9.17, 15) is 5.11 Å². The summed E-state index contributed by atoms with van der Waals surface area (Å²) in [6, 6.07) is 1.80. The largest absolute Gasteiger partial charge is 0.461 e. The van der Waals surface area contributed by atoms with Crippen LogP contribution in [0.4, 0.5) is 0 Å². The van der Waals surface area contributed by atoms with E-state index in [-0.39, 0.29) is 12.4 Å². The number of furan rings is 1.